The van der Waals surface area contributed by atoms with Crippen LogP contribution in [-0.4, -0.2) is 29.4 Å². The molecule has 1 aliphatic heterocycles. The minimum Gasteiger partial charge on any atom is -0.481 e. The Labute approximate surface area is 148 Å². The minimum absolute atomic E-state index is 0.0269. The molecule has 130 valence electrons. The topological polar surface area (TPSA) is 55.8 Å². The summed E-state index contributed by atoms with van der Waals surface area (Å²) >= 11 is 0. The summed E-state index contributed by atoms with van der Waals surface area (Å²) in [5.41, 5.74) is 3.02. The van der Waals surface area contributed by atoms with Crippen LogP contribution in [0, 0.1) is 0 Å². The molecule has 1 N–H and O–H groups in total. The number of carboxylic acids is 1. The third-order valence-corrected chi connectivity index (χ3v) is 5.09. The molecule has 4 nitrogen and oxygen atoms in total. The molecule has 0 aromatic heterocycles. The lowest BCUT2D eigenvalue weighted by molar-refractivity contribution is -0.136. The van der Waals surface area contributed by atoms with Gasteiger partial charge in [-0.05, 0) is 49.8 Å². The van der Waals surface area contributed by atoms with Crippen molar-refractivity contribution >= 4 is 18.6 Å². The van der Waals surface area contributed by atoms with Gasteiger partial charge in [0.15, 0.2) is 0 Å². The molecule has 0 spiro atoms. The third-order valence-electron chi connectivity index (χ3n) is 5.09. The standard InChI is InChI=1S/C20H23BO4/c1-19(2)20(3,4)25-21(24-19)17-8-6-5-7-16(17)15-11-9-14(10-12-15)13-18(22)23/h5-12H,13H2,1-4H3,(H,22,23). The summed E-state index contributed by atoms with van der Waals surface area (Å²) in [6.45, 7) is 8.15. The van der Waals surface area contributed by atoms with Crippen LogP contribution in [0.4, 0.5) is 0 Å². The maximum atomic E-state index is 10.8. The van der Waals surface area contributed by atoms with Crippen molar-refractivity contribution in [1.29, 1.82) is 0 Å². The SMILES string of the molecule is CC1(C)OB(c2ccccc2-c2ccc(CC(=O)O)cc2)OC1(C)C. The van der Waals surface area contributed by atoms with E-state index in [4.69, 9.17) is 14.4 Å². The maximum absolute atomic E-state index is 10.8. The van der Waals surface area contributed by atoms with Gasteiger partial charge in [-0.25, -0.2) is 0 Å². The van der Waals surface area contributed by atoms with Gasteiger partial charge in [-0.3, -0.25) is 4.79 Å². The Morgan fingerprint density at radius 2 is 1.52 bits per heavy atom. The van der Waals surface area contributed by atoms with Gasteiger partial charge in [0.2, 0.25) is 0 Å². The Kier molecular flexibility index (Phi) is 4.48. The second kappa shape index (κ2) is 6.32. The Balaban J connectivity index is 1.93. The monoisotopic (exact) mass is 338 g/mol. The van der Waals surface area contributed by atoms with Gasteiger partial charge in [0.1, 0.15) is 0 Å². The predicted molar refractivity (Wildman–Crippen MR) is 98.9 cm³/mol. The molecule has 0 radical (unpaired) electrons. The van der Waals surface area contributed by atoms with Crippen LogP contribution in [0.2, 0.25) is 0 Å². The minimum atomic E-state index is -0.828. The summed E-state index contributed by atoms with van der Waals surface area (Å²) in [6, 6.07) is 15.6. The molecule has 5 heteroatoms. The van der Waals surface area contributed by atoms with Crippen molar-refractivity contribution in [3.63, 3.8) is 0 Å². The number of benzene rings is 2. The zero-order chi connectivity index (χ0) is 18.2. The molecule has 0 aliphatic carbocycles. The van der Waals surface area contributed by atoms with Crippen molar-refractivity contribution in [3.05, 3.63) is 54.1 Å². The molecule has 0 saturated carbocycles. The highest BCUT2D eigenvalue weighted by Crippen LogP contribution is 2.37. The second-order valence-electron chi connectivity index (χ2n) is 7.44. The Hall–Kier alpha value is -2.11. The lowest BCUT2D eigenvalue weighted by atomic mass is 9.74. The molecule has 0 atom stereocenters. The van der Waals surface area contributed by atoms with Crippen LogP contribution in [0.25, 0.3) is 11.1 Å². The molecule has 2 aromatic rings. The van der Waals surface area contributed by atoms with E-state index in [1.54, 1.807) is 0 Å². The van der Waals surface area contributed by atoms with Gasteiger partial charge in [-0.1, -0.05) is 48.5 Å². The van der Waals surface area contributed by atoms with E-state index in [1.807, 2.05) is 76.2 Å². The highest BCUT2D eigenvalue weighted by Gasteiger charge is 2.52. The van der Waals surface area contributed by atoms with E-state index in [0.717, 1.165) is 22.2 Å². The van der Waals surface area contributed by atoms with E-state index in [-0.39, 0.29) is 6.42 Å². The average molecular weight is 338 g/mol. The van der Waals surface area contributed by atoms with E-state index in [9.17, 15) is 4.79 Å². The summed E-state index contributed by atoms with van der Waals surface area (Å²) in [4.78, 5) is 10.8. The average Bonchev–Trinajstić information content (AvgIpc) is 2.75. The summed E-state index contributed by atoms with van der Waals surface area (Å²) in [7, 11) is -0.431. The lowest BCUT2D eigenvalue weighted by Crippen LogP contribution is -2.41. The molecule has 0 unspecified atom stereocenters. The van der Waals surface area contributed by atoms with Crippen LogP contribution in [0.15, 0.2) is 48.5 Å². The van der Waals surface area contributed by atoms with E-state index >= 15 is 0 Å². The molecule has 1 heterocycles. The van der Waals surface area contributed by atoms with Crippen LogP contribution in [0.3, 0.4) is 0 Å². The lowest BCUT2D eigenvalue weighted by Gasteiger charge is -2.32. The zero-order valence-electron chi connectivity index (χ0n) is 15.1. The molecule has 25 heavy (non-hydrogen) atoms. The Morgan fingerprint density at radius 3 is 2.08 bits per heavy atom. The predicted octanol–water partition coefficient (Wildman–Crippen LogP) is 3.28. The maximum Gasteiger partial charge on any atom is 0.495 e. The molecular weight excluding hydrogens is 315 g/mol. The first kappa shape index (κ1) is 17.7. The third kappa shape index (κ3) is 3.48. The largest absolute Gasteiger partial charge is 0.495 e. The van der Waals surface area contributed by atoms with Gasteiger partial charge < -0.3 is 14.4 Å². The molecule has 1 aliphatic rings. The van der Waals surface area contributed by atoms with Crippen LogP contribution < -0.4 is 5.46 Å². The van der Waals surface area contributed by atoms with Crippen molar-refractivity contribution in [1.82, 2.24) is 0 Å². The Morgan fingerprint density at radius 1 is 0.960 bits per heavy atom. The van der Waals surface area contributed by atoms with Gasteiger partial charge in [0.05, 0.1) is 17.6 Å². The van der Waals surface area contributed by atoms with E-state index in [1.165, 1.54) is 0 Å². The van der Waals surface area contributed by atoms with E-state index in [2.05, 4.69) is 0 Å². The van der Waals surface area contributed by atoms with Gasteiger partial charge in [-0.2, -0.15) is 0 Å². The first-order valence-corrected chi connectivity index (χ1v) is 8.45. The van der Waals surface area contributed by atoms with Crippen LogP contribution in [0.1, 0.15) is 33.3 Å². The van der Waals surface area contributed by atoms with Gasteiger partial charge in [-0.15, -0.1) is 0 Å². The molecular formula is C20H23BO4. The van der Waals surface area contributed by atoms with Crippen LogP contribution >= 0.6 is 0 Å². The van der Waals surface area contributed by atoms with E-state index < -0.39 is 24.3 Å². The molecule has 0 amide bonds. The molecule has 2 aromatic carbocycles. The summed E-state index contributed by atoms with van der Waals surface area (Å²) in [5.74, 6) is -0.828. The van der Waals surface area contributed by atoms with Crippen molar-refractivity contribution in [2.45, 2.75) is 45.3 Å². The second-order valence-corrected chi connectivity index (χ2v) is 7.44. The fourth-order valence-electron chi connectivity index (χ4n) is 2.91. The highest BCUT2D eigenvalue weighted by molar-refractivity contribution is 6.63. The number of aliphatic carboxylic acids is 1. The quantitative estimate of drug-likeness (QED) is 0.870. The molecule has 1 saturated heterocycles. The smallest absolute Gasteiger partial charge is 0.481 e. The van der Waals surface area contributed by atoms with Crippen molar-refractivity contribution in [3.8, 4) is 11.1 Å². The van der Waals surface area contributed by atoms with Gasteiger partial charge in [0, 0.05) is 0 Å². The van der Waals surface area contributed by atoms with E-state index in [0.29, 0.717) is 0 Å². The summed E-state index contributed by atoms with van der Waals surface area (Å²) in [6.07, 6.45) is 0.0269. The first-order chi connectivity index (χ1) is 11.7. The fourth-order valence-corrected chi connectivity index (χ4v) is 2.91. The van der Waals surface area contributed by atoms with Crippen molar-refractivity contribution < 1.29 is 19.2 Å². The van der Waals surface area contributed by atoms with Crippen LogP contribution in [-0.2, 0) is 20.5 Å². The molecule has 0 bridgehead atoms. The number of hydrogen-bond donors (Lipinski definition) is 1. The number of carboxylic acid groups (broad SMARTS) is 1. The van der Waals surface area contributed by atoms with Crippen molar-refractivity contribution in [2.75, 3.05) is 0 Å². The Bertz CT molecular complexity index is 765. The number of hydrogen-bond acceptors (Lipinski definition) is 3. The van der Waals surface area contributed by atoms with Crippen molar-refractivity contribution in [2.24, 2.45) is 0 Å². The van der Waals surface area contributed by atoms with Gasteiger partial charge in [0.25, 0.3) is 0 Å². The normalized spacial score (nSPS) is 18.3. The summed E-state index contributed by atoms with van der Waals surface area (Å²) in [5, 5.41) is 8.91. The fraction of sp³-hybridized carbons (Fsp3) is 0.350. The molecule has 1 fully saturated rings. The van der Waals surface area contributed by atoms with Crippen LogP contribution in [0.5, 0.6) is 0 Å². The zero-order valence-corrected chi connectivity index (χ0v) is 15.1. The number of carbonyl (C=O) groups is 1. The first-order valence-electron chi connectivity index (χ1n) is 8.45. The van der Waals surface area contributed by atoms with Gasteiger partial charge >= 0.3 is 13.1 Å². The number of rotatable bonds is 4. The molecule has 3 rings (SSSR count). The highest BCUT2D eigenvalue weighted by atomic mass is 16.7. The summed E-state index contributed by atoms with van der Waals surface area (Å²) < 4.78 is 12.4.